The predicted molar refractivity (Wildman–Crippen MR) is 143 cm³/mol. The van der Waals surface area contributed by atoms with E-state index in [2.05, 4.69) is 5.32 Å². The highest BCUT2D eigenvalue weighted by Crippen LogP contribution is 2.27. The summed E-state index contributed by atoms with van der Waals surface area (Å²) in [6.45, 7) is 5.11. The highest BCUT2D eigenvalue weighted by molar-refractivity contribution is 6.05. The van der Waals surface area contributed by atoms with Crippen molar-refractivity contribution in [3.63, 3.8) is 0 Å². The molecule has 0 bridgehead atoms. The number of nitrogens with one attached hydrogen (secondary N) is 1. The highest BCUT2D eigenvalue weighted by atomic mass is 19.1. The van der Waals surface area contributed by atoms with Crippen LogP contribution in [0.3, 0.4) is 0 Å². The van der Waals surface area contributed by atoms with Crippen molar-refractivity contribution < 1.29 is 28.2 Å². The van der Waals surface area contributed by atoms with Gasteiger partial charge in [-0.15, -0.1) is 0 Å². The van der Waals surface area contributed by atoms with Gasteiger partial charge in [0.2, 0.25) is 5.91 Å². The molecule has 1 heterocycles. The summed E-state index contributed by atoms with van der Waals surface area (Å²) in [6, 6.07) is 9.75. The van der Waals surface area contributed by atoms with Crippen LogP contribution in [0.15, 0.2) is 42.5 Å². The van der Waals surface area contributed by atoms with Crippen molar-refractivity contribution >= 4 is 23.4 Å². The molecule has 0 radical (unpaired) electrons. The molecule has 3 rings (SSSR count). The third-order valence-corrected chi connectivity index (χ3v) is 6.58. The Morgan fingerprint density at radius 2 is 1.82 bits per heavy atom. The van der Waals surface area contributed by atoms with Crippen LogP contribution in [0.4, 0.5) is 10.1 Å². The van der Waals surface area contributed by atoms with E-state index in [4.69, 9.17) is 9.47 Å². The van der Waals surface area contributed by atoms with E-state index < -0.39 is 11.7 Å². The maximum Gasteiger partial charge on any atom is 0.257 e. The highest BCUT2D eigenvalue weighted by Gasteiger charge is 2.30. The molecule has 3 atom stereocenters. The number of methoxy groups -OCH3 is 1. The number of carbonyl (C=O) groups excluding carboxylic acids is 3. The van der Waals surface area contributed by atoms with E-state index in [1.54, 1.807) is 42.2 Å². The number of ether oxygens (including phenoxy) is 2. The van der Waals surface area contributed by atoms with Gasteiger partial charge in [0.05, 0.1) is 24.3 Å². The second-order valence-electron chi connectivity index (χ2n) is 10.1. The summed E-state index contributed by atoms with van der Waals surface area (Å²) >= 11 is 0. The zero-order valence-corrected chi connectivity index (χ0v) is 22.9. The van der Waals surface area contributed by atoms with Crippen LogP contribution >= 0.6 is 0 Å². The fourth-order valence-electron chi connectivity index (χ4n) is 4.37. The summed E-state index contributed by atoms with van der Waals surface area (Å²) in [4.78, 5) is 44.4. The zero-order valence-electron chi connectivity index (χ0n) is 22.9. The molecule has 1 aliphatic rings. The summed E-state index contributed by atoms with van der Waals surface area (Å²) in [6.07, 6.45) is -0.309. The van der Waals surface area contributed by atoms with Crippen molar-refractivity contribution in [3.8, 4) is 5.75 Å². The summed E-state index contributed by atoms with van der Waals surface area (Å²) in [5, 5.41) is 2.76. The van der Waals surface area contributed by atoms with Crippen molar-refractivity contribution in [1.29, 1.82) is 0 Å². The Morgan fingerprint density at radius 1 is 1.13 bits per heavy atom. The topological polar surface area (TPSA) is 91.4 Å². The predicted octanol–water partition coefficient (Wildman–Crippen LogP) is 2.97. The Labute approximate surface area is 223 Å². The largest absolute Gasteiger partial charge is 0.491 e. The molecule has 0 saturated carbocycles. The van der Waals surface area contributed by atoms with Crippen molar-refractivity contribution in [2.24, 2.45) is 5.92 Å². The average Bonchev–Trinajstić information content (AvgIpc) is 2.87. The number of hydrogen-bond donors (Lipinski definition) is 1. The number of amides is 3. The second kappa shape index (κ2) is 12.8. The van der Waals surface area contributed by atoms with Crippen LogP contribution in [0.5, 0.6) is 5.75 Å². The molecular weight excluding hydrogens is 491 g/mol. The molecule has 3 amide bonds. The average molecular weight is 529 g/mol. The van der Waals surface area contributed by atoms with Gasteiger partial charge in [0.25, 0.3) is 11.8 Å². The lowest BCUT2D eigenvalue weighted by Gasteiger charge is -2.36. The van der Waals surface area contributed by atoms with Crippen molar-refractivity contribution in [2.45, 2.75) is 26.0 Å². The maximum absolute atomic E-state index is 13.5. The number of carbonyl (C=O) groups is 3. The van der Waals surface area contributed by atoms with Crippen LogP contribution < -0.4 is 10.1 Å². The smallest absolute Gasteiger partial charge is 0.257 e. The first-order chi connectivity index (χ1) is 18.0. The lowest BCUT2D eigenvalue weighted by Crippen LogP contribution is -2.50. The van der Waals surface area contributed by atoms with Crippen molar-refractivity contribution in [2.75, 3.05) is 59.8 Å². The molecule has 0 aromatic heterocycles. The minimum absolute atomic E-state index is 0.0200. The molecule has 0 spiro atoms. The van der Waals surface area contributed by atoms with E-state index in [0.29, 0.717) is 24.5 Å². The van der Waals surface area contributed by atoms with Gasteiger partial charge in [-0.05, 0) is 63.5 Å². The summed E-state index contributed by atoms with van der Waals surface area (Å²) in [5.74, 6) is -0.891. The first kappa shape index (κ1) is 29.1. The van der Waals surface area contributed by atoms with Gasteiger partial charge in [0.1, 0.15) is 18.2 Å². The van der Waals surface area contributed by atoms with Crippen LogP contribution in [0.1, 0.15) is 34.6 Å². The van der Waals surface area contributed by atoms with Crippen molar-refractivity contribution in [1.82, 2.24) is 14.7 Å². The van der Waals surface area contributed by atoms with Crippen LogP contribution in [0.2, 0.25) is 0 Å². The van der Waals surface area contributed by atoms with E-state index in [9.17, 15) is 18.8 Å². The zero-order chi connectivity index (χ0) is 28.0. The van der Waals surface area contributed by atoms with Crippen LogP contribution in [-0.2, 0) is 9.53 Å². The van der Waals surface area contributed by atoms with Gasteiger partial charge in [0, 0.05) is 44.4 Å². The number of likely N-dealkylation sites (N-methyl/N-ethyl adjacent to an activating group) is 2. The molecule has 0 saturated heterocycles. The van der Waals surface area contributed by atoms with E-state index >= 15 is 0 Å². The lowest BCUT2D eigenvalue weighted by atomic mass is 10.0. The molecule has 38 heavy (non-hydrogen) atoms. The molecular formula is C28H37FN4O5. The van der Waals surface area contributed by atoms with Crippen LogP contribution in [0.25, 0.3) is 0 Å². The molecule has 0 aliphatic carbocycles. The van der Waals surface area contributed by atoms with Gasteiger partial charge in [-0.2, -0.15) is 0 Å². The number of nitrogens with zero attached hydrogens (tertiary/aromatic N) is 3. The number of fused-ring (bicyclic) bond motifs is 1. The van der Waals surface area contributed by atoms with Gasteiger partial charge < -0.3 is 29.5 Å². The standard InChI is InChI=1S/C28H37FN4O5/c1-18-14-33(26(34)16-31(3)4)19(2)17-38-24-12-11-22(30-27(35)20-7-9-21(29)10-8-20)13-23(24)28(36)32(5)15-25(18)37-6/h7-13,18-19,25H,14-17H2,1-6H3,(H,30,35)/t18-,19-,25-/m1/s1. The molecule has 2 aromatic rings. The Morgan fingerprint density at radius 3 is 2.45 bits per heavy atom. The summed E-state index contributed by atoms with van der Waals surface area (Å²) in [7, 11) is 6.97. The van der Waals surface area contributed by atoms with Gasteiger partial charge in [-0.1, -0.05) is 6.92 Å². The third kappa shape index (κ3) is 7.29. The summed E-state index contributed by atoms with van der Waals surface area (Å²) < 4.78 is 25.1. The molecule has 1 aliphatic heterocycles. The number of halogens is 1. The summed E-state index contributed by atoms with van der Waals surface area (Å²) in [5.41, 5.74) is 0.945. The molecule has 0 unspecified atom stereocenters. The van der Waals surface area contributed by atoms with Crippen molar-refractivity contribution in [3.05, 3.63) is 59.4 Å². The van der Waals surface area contributed by atoms with Gasteiger partial charge in [-0.25, -0.2) is 4.39 Å². The van der Waals surface area contributed by atoms with Crippen LogP contribution in [-0.4, -0.2) is 99.1 Å². The first-order valence-electron chi connectivity index (χ1n) is 12.6. The molecule has 9 nitrogen and oxygen atoms in total. The monoisotopic (exact) mass is 528 g/mol. The number of hydrogen-bond acceptors (Lipinski definition) is 6. The van der Waals surface area contributed by atoms with Crippen LogP contribution in [0, 0.1) is 11.7 Å². The van der Waals surface area contributed by atoms with E-state index in [0.717, 1.165) is 0 Å². The number of rotatable bonds is 5. The number of benzene rings is 2. The normalized spacial score (nSPS) is 20.7. The number of anilines is 1. The van der Waals surface area contributed by atoms with E-state index in [-0.39, 0.29) is 54.2 Å². The van der Waals surface area contributed by atoms with E-state index in [1.165, 1.54) is 24.3 Å². The second-order valence-corrected chi connectivity index (χ2v) is 10.1. The molecule has 206 valence electrons. The quantitative estimate of drug-likeness (QED) is 0.642. The Bertz CT molecular complexity index is 1140. The lowest BCUT2D eigenvalue weighted by molar-refractivity contribution is -0.136. The van der Waals surface area contributed by atoms with Gasteiger partial charge in [-0.3, -0.25) is 14.4 Å². The fraction of sp³-hybridized carbons (Fsp3) is 0.464. The minimum Gasteiger partial charge on any atom is -0.491 e. The fourth-order valence-corrected chi connectivity index (χ4v) is 4.37. The van der Waals surface area contributed by atoms with Gasteiger partial charge in [0.15, 0.2) is 0 Å². The minimum atomic E-state index is -0.438. The Balaban J connectivity index is 1.93. The Hall–Kier alpha value is -3.50. The van der Waals surface area contributed by atoms with Gasteiger partial charge >= 0.3 is 0 Å². The first-order valence-corrected chi connectivity index (χ1v) is 12.6. The maximum atomic E-state index is 13.5. The SMILES string of the molecule is CO[C@@H]1CN(C)C(=O)c2cc(NC(=O)c3ccc(F)cc3)ccc2OC[C@@H](C)N(C(=O)CN(C)C)C[C@H]1C. The molecule has 1 N–H and O–H groups in total. The van der Waals surface area contributed by atoms with E-state index in [1.807, 2.05) is 32.8 Å². The molecule has 0 fully saturated rings. The molecule has 10 heteroatoms. The Kier molecular flexibility index (Phi) is 9.82. The third-order valence-electron chi connectivity index (χ3n) is 6.58. The molecule has 2 aromatic carbocycles.